The molecule has 0 aromatic heterocycles. The summed E-state index contributed by atoms with van der Waals surface area (Å²) in [5.41, 5.74) is 13.1. The fraction of sp³-hybridized carbons (Fsp3) is 0.500. The first kappa shape index (κ1) is 14.8. The Labute approximate surface area is 118 Å². The number of rotatable bonds is 5. The van der Waals surface area contributed by atoms with E-state index in [4.69, 9.17) is 20.9 Å². The minimum Gasteiger partial charge on any atom is -0.496 e. The van der Waals surface area contributed by atoms with Gasteiger partial charge in [-0.2, -0.15) is 0 Å². The number of hydrogen-bond acceptors (Lipinski definition) is 5. The highest BCUT2D eigenvalue weighted by molar-refractivity contribution is 5.80. The topological polar surface area (TPSA) is 90.8 Å². The maximum absolute atomic E-state index is 11.4. The summed E-state index contributed by atoms with van der Waals surface area (Å²) in [6.07, 6.45) is 0. The molecular weight excluding hydrogens is 258 g/mol. The van der Waals surface area contributed by atoms with Crippen LogP contribution in [-0.4, -0.2) is 43.7 Å². The molecule has 1 saturated heterocycles. The van der Waals surface area contributed by atoms with Gasteiger partial charge in [-0.3, -0.25) is 9.69 Å². The normalized spacial score (nSPS) is 19.8. The van der Waals surface area contributed by atoms with Crippen molar-refractivity contribution in [3.8, 4) is 5.75 Å². The summed E-state index contributed by atoms with van der Waals surface area (Å²) in [5, 5.41) is 0. The number of amides is 1. The molecule has 2 rings (SSSR count). The summed E-state index contributed by atoms with van der Waals surface area (Å²) in [5.74, 6) is 0.420. The summed E-state index contributed by atoms with van der Waals surface area (Å²) in [4.78, 5) is 13.5. The maximum Gasteiger partial charge on any atom is 0.237 e. The second-order valence-electron chi connectivity index (χ2n) is 4.81. The second-order valence-corrected chi connectivity index (χ2v) is 4.81. The van der Waals surface area contributed by atoms with E-state index in [0.29, 0.717) is 32.8 Å². The lowest BCUT2D eigenvalue weighted by atomic mass is 10.1. The van der Waals surface area contributed by atoms with Crippen LogP contribution in [-0.2, 0) is 22.6 Å². The van der Waals surface area contributed by atoms with Crippen molar-refractivity contribution >= 4 is 5.91 Å². The first-order chi connectivity index (χ1) is 9.65. The van der Waals surface area contributed by atoms with E-state index in [0.717, 1.165) is 16.9 Å². The third-order valence-corrected chi connectivity index (χ3v) is 3.52. The Morgan fingerprint density at radius 2 is 2.35 bits per heavy atom. The number of methoxy groups -OCH3 is 1. The highest BCUT2D eigenvalue weighted by Crippen LogP contribution is 2.21. The minimum atomic E-state index is -0.371. The van der Waals surface area contributed by atoms with E-state index >= 15 is 0 Å². The van der Waals surface area contributed by atoms with E-state index in [9.17, 15) is 4.79 Å². The van der Waals surface area contributed by atoms with Crippen LogP contribution in [0.5, 0.6) is 5.75 Å². The zero-order valence-electron chi connectivity index (χ0n) is 11.7. The number of nitrogens with two attached hydrogens (primary N) is 2. The van der Waals surface area contributed by atoms with Crippen molar-refractivity contribution in [3.05, 3.63) is 29.3 Å². The Morgan fingerprint density at radius 3 is 3.00 bits per heavy atom. The molecule has 1 unspecified atom stereocenters. The van der Waals surface area contributed by atoms with Gasteiger partial charge in [0.15, 0.2) is 0 Å². The number of carbonyl (C=O) groups excluding carboxylic acids is 1. The molecule has 1 aromatic rings. The molecule has 0 bridgehead atoms. The van der Waals surface area contributed by atoms with Crippen LogP contribution in [0.4, 0.5) is 0 Å². The molecule has 6 nitrogen and oxygen atoms in total. The second kappa shape index (κ2) is 6.69. The van der Waals surface area contributed by atoms with Crippen LogP contribution < -0.4 is 16.2 Å². The Morgan fingerprint density at radius 1 is 1.55 bits per heavy atom. The van der Waals surface area contributed by atoms with Gasteiger partial charge < -0.3 is 20.9 Å². The predicted octanol–water partition coefficient (Wildman–Crippen LogP) is -0.160. The lowest BCUT2D eigenvalue weighted by Crippen LogP contribution is -2.51. The largest absolute Gasteiger partial charge is 0.496 e. The van der Waals surface area contributed by atoms with Crippen molar-refractivity contribution in [2.45, 2.75) is 19.1 Å². The minimum absolute atomic E-state index is 0.352. The van der Waals surface area contributed by atoms with E-state index in [-0.39, 0.29) is 11.9 Å². The van der Waals surface area contributed by atoms with E-state index in [1.807, 2.05) is 23.1 Å². The number of ether oxygens (including phenoxy) is 2. The van der Waals surface area contributed by atoms with Gasteiger partial charge in [-0.1, -0.05) is 12.1 Å². The monoisotopic (exact) mass is 279 g/mol. The number of hydrogen-bond donors (Lipinski definition) is 2. The van der Waals surface area contributed by atoms with Gasteiger partial charge >= 0.3 is 0 Å². The fourth-order valence-electron chi connectivity index (χ4n) is 2.38. The molecular formula is C14H21N3O3. The average Bonchev–Trinajstić information content (AvgIpc) is 2.47. The van der Waals surface area contributed by atoms with Gasteiger partial charge in [-0.05, 0) is 11.6 Å². The molecule has 110 valence electrons. The smallest absolute Gasteiger partial charge is 0.237 e. The van der Waals surface area contributed by atoms with Crippen molar-refractivity contribution < 1.29 is 14.3 Å². The van der Waals surface area contributed by atoms with E-state index in [1.165, 1.54) is 0 Å². The highest BCUT2D eigenvalue weighted by Gasteiger charge is 2.27. The third-order valence-electron chi connectivity index (χ3n) is 3.52. The Bertz CT molecular complexity index is 479. The quantitative estimate of drug-likeness (QED) is 0.781. The van der Waals surface area contributed by atoms with Gasteiger partial charge in [0.1, 0.15) is 11.8 Å². The molecule has 1 fully saturated rings. The van der Waals surface area contributed by atoms with E-state index < -0.39 is 0 Å². The van der Waals surface area contributed by atoms with Crippen LogP contribution in [0.1, 0.15) is 11.1 Å². The molecule has 1 aromatic carbocycles. The van der Waals surface area contributed by atoms with Gasteiger partial charge in [-0.15, -0.1) is 0 Å². The zero-order valence-corrected chi connectivity index (χ0v) is 11.7. The van der Waals surface area contributed by atoms with Crippen molar-refractivity contribution in [3.63, 3.8) is 0 Å². The van der Waals surface area contributed by atoms with E-state index in [1.54, 1.807) is 7.11 Å². The third kappa shape index (κ3) is 3.27. The van der Waals surface area contributed by atoms with Crippen LogP contribution in [0, 0.1) is 0 Å². The van der Waals surface area contributed by atoms with Crippen LogP contribution in [0.3, 0.4) is 0 Å². The maximum atomic E-state index is 11.4. The van der Waals surface area contributed by atoms with Gasteiger partial charge in [0.05, 0.1) is 20.3 Å². The molecule has 20 heavy (non-hydrogen) atoms. The van der Waals surface area contributed by atoms with Crippen LogP contribution >= 0.6 is 0 Å². The lowest BCUT2D eigenvalue weighted by molar-refractivity contribution is -0.129. The molecule has 0 aliphatic carbocycles. The number of morpholine rings is 1. The van der Waals surface area contributed by atoms with Crippen LogP contribution in [0.25, 0.3) is 0 Å². The number of nitrogens with zero attached hydrogens (tertiary/aromatic N) is 1. The molecule has 0 spiro atoms. The number of carbonyl (C=O) groups is 1. The molecule has 1 atom stereocenters. The molecule has 1 aliphatic heterocycles. The highest BCUT2D eigenvalue weighted by atomic mass is 16.5. The molecule has 6 heteroatoms. The van der Waals surface area contributed by atoms with Crippen molar-refractivity contribution in [1.82, 2.24) is 4.90 Å². The van der Waals surface area contributed by atoms with Crippen molar-refractivity contribution in [2.24, 2.45) is 11.5 Å². The Hall–Kier alpha value is -1.63. The van der Waals surface area contributed by atoms with Crippen molar-refractivity contribution in [1.29, 1.82) is 0 Å². The van der Waals surface area contributed by atoms with Gasteiger partial charge in [-0.25, -0.2) is 0 Å². The molecule has 1 heterocycles. The lowest BCUT2D eigenvalue weighted by Gasteiger charge is -2.33. The summed E-state index contributed by atoms with van der Waals surface area (Å²) in [6.45, 7) is 2.73. The molecule has 0 radical (unpaired) electrons. The average molecular weight is 279 g/mol. The molecule has 1 aliphatic rings. The standard InChI is InChI=1S/C14H21N3O3/c1-19-13-6-10(2-3-11(13)7-15)8-17-4-5-20-9-12(17)14(16)18/h2-3,6,12H,4-5,7-9,15H2,1H3,(H2,16,18). The number of benzene rings is 1. The SMILES string of the molecule is COc1cc(CN2CCOCC2C(N)=O)ccc1CN. The molecule has 4 N–H and O–H groups in total. The van der Waals surface area contributed by atoms with Gasteiger partial charge in [0.2, 0.25) is 5.91 Å². The summed E-state index contributed by atoms with van der Waals surface area (Å²) < 4.78 is 10.6. The molecule has 1 amide bonds. The van der Waals surface area contributed by atoms with Crippen molar-refractivity contribution in [2.75, 3.05) is 26.9 Å². The zero-order chi connectivity index (χ0) is 14.5. The van der Waals surface area contributed by atoms with Gasteiger partial charge in [0.25, 0.3) is 0 Å². The Balaban J connectivity index is 2.13. The van der Waals surface area contributed by atoms with Crippen LogP contribution in [0.15, 0.2) is 18.2 Å². The van der Waals surface area contributed by atoms with Crippen LogP contribution in [0.2, 0.25) is 0 Å². The predicted molar refractivity (Wildman–Crippen MR) is 75.1 cm³/mol. The number of primary amides is 1. The summed E-state index contributed by atoms with van der Waals surface area (Å²) in [7, 11) is 1.62. The first-order valence-electron chi connectivity index (χ1n) is 6.62. The fourth-order valence-corrected chi connectivity index (χ4v) is 2.38. The first-order valence-corrected chi connectivity index (χ1v) is 6.62. The van der Waals surface area contributed by atoms with Gasteiger partial charge in [0, 0.05) is 25.2 Å². The summed E-state index contributed by atoms with van der Waals surface area (Å²) in [6, 6.07) is 5.53. The molecule has 0 saturated carbocycles. The summed E-state index contributed by atoms with van der Waals surface area (Å²) >= 11 is 0. The van der Waals surface area contributed by atoms with E-state index in [2.05, 4.69) is 0 Å². The Kier molecular flexibility index (Phi) is 4.94.